The Bertz CT molecular complexity index is 375. The van der Waals surface area contributed by atoms with Gasteiger partial charge in [0, 0.05) is 25.6 Å². The Morgan fingerprint density at radius 1 is 1.17 bits per heavy atom. The zero-order chi connectivity index (χ0) is 13.4. The van der Waals surface area contributed by atoms with Crippen LogP contribution in [0.3, 0.4) is 0 Å². The van der Waals surface area contributed by atoms with Crippen LogP contribution in [0, 0.1) is 5.92 Å². The molecule has 3 nitrogen and oxygen atoms in total. The monoisotopic (exact) mass is 248 g/mol. The van der Waals surface area contributed by atoms with Crippen LogP contribution in [0.15, 0.2) is 24.3 Å². The Morgan fingerprint density at radius 3 is 2.44 bits per heavy atom. The largest absolute Gasteiger partial charge is 0.355 e. The summed E-state index contributed by atoms with van der Waals surface area (Å²) in [5, 5.41) is 6.25. The summed E-state index contributed by atoms with van der Waals surface area (Å²) < 4.78 is 0. The van der Waals surface area contributed by atoms with Gasteiger partial charge in [-0.05, 0) is 17.5 Å². The molecule has 0 saturated heterocycles. The molecule has 0 aliphatic carbocycles. The third kappa shape index (κ3) is 4.88. The molecule has 2 N–H and O–H groups in total. The molecule has 3 heteroatoms. The van der Waals surface area contributed by atoms with E-state index < -0.39 is 0 Å². The van der Waals surface area contributed by atoms with E-state index in [0.29, 0.717) is 6.54 Å². The first-order valence-corrected chi connectivity index (χ1v) is 6.70. The number of carbonyl (C=O) groups excluding carboxylic acids is 1. The van der Waals surface area contributed by atoms with Crippen molar-refractivity contribution in [2.45, 2.75) is 33.7 Å². The van der Waals surface area contributed by atoms with Crippen LogP contribution in [-0.4, -0.2) is 19.0 Å². The van der Waals surface area contributed by atoms with Crippen LogP contribution in [0.4, 0.5) is 0 Å². The van der Waals surface area contributed by atoms with Crippen molar-refractivity contribution < 1.29 is 4.79 Å². The van der Waals surface area contributed by atoms with Crippen LogP contribution in [0.25, 0.3) is 0 Å². The molecule has 0 bridgehead atoms. The topological polar surface area (TPSA) is 41.1 Å². The molecule has 0 fully saturated rings. The van der Waals surface area contributed by atoms with Crippen molar-refractivity contribution in [2.24, 2.45) is 5.92 Å². The van der Waals surface area contributed by atoms with Gasteiger partial charge in [-0.2, -0.15) is 0 Å². The molecule has 0 aromatic heterocycles. The molecule has 0 aliphatic rings. The molecule has 0 aliphatic heterocycles. The highest BCUT2D eigenvalue weighted by Gasteiger charge is 2.04. The number of hydrogen-bond acceptors (Lipinski definition) is 2. The van der Waals surface area contributed by atoms with Crippen molar-refractivity contribution in [1.29, 1.82) is 0 Å². The lowest BCUT2D eigenvalue weighted by Gasteiger charge is -2.10. The van der Waals surface area contributed by atoms with Crippen LogP contribution >= 0.6 is 0 Å². The van der Waals surface area contributed by atoms with E-state index in [-0.39, 0.29) is 11.8 Å². The second-order valence-electron chi connectivity index (χ2n) is 4.74. The van der Waals surface area contributed by atoms with Crippen molar-refractivity contribution in [3.8, 4) is 0 Å². The maximum Gasteiger partial charge on any atom is 0.222 e. The smallest absolute Gasteiger partial charge is 0.222 e. The van der Waals surface area contributed by atoms with E-state index in [2.05, 4.69) is 41.8 Å². The van der Waals surface area contributed by atoms with Crippen LogP contribution in [0.2, 0.25) is 0 Å². The Labute approximate surface area is 110 Å². The van der Waals surface area contributed by atoms with Crippen LogP contribution in [0.1, 0.15) is 31.9 Å². The van der Waals surface area contributed by atoms with Gasteiger partial charge in [-0.25, -0.2) is 0 Å². The molecule has 0 saturated carbocycles. The minimum atomic E-state index is 0.0609. The average Bonchev–Trinajstić information content (AvgIpc) is 2.38. The average molecular weight is 248 g/mol. The maximum atomic E-state index is 11.3. The molecule has 18 heavy (non-hydrogen) atoms. The molecule has 0 spiro atoms. The first kappa shape index (κ1) is 14.7. The molecule has 1 aromatic rings. The van der Waals surface area contributed by atoms with E-state index in [4.69, 9.17) is 0 Å². The van der Waals surface area contributed by atoms with Gasteiger partial charge >= 0.3 is 0 Å². The van der Waals surface area contributed by atoms with Crippen LogP contribution < -0.4 is 10.6 Å². The Morgan fingerprint density at radius 2 is 1.83 bits per heavy atom. The number of carbonyl (C=O) groups is 1. The number of nitrogens with one attached hydrogen (secondary N) is 2. The molecule has 0 heterocycles. The van der Waals surface area contributed by atoms with Gasteiger partial charge in [-0.3, -0.25) is 4.79 Å². The number of amides is 1. The summed E-state index contributed by atoms with van der Waals surface area (Å²) in [4.78, 5) is 11.3. The summed E-state index contributed by atoms with van der Waals surface area (Å²) in [6.07, 6.45) is 1.06. The van der Waals surface area contributed by atoms with Gasteiger partial charge in [0.15, 0.2) is 0 Å². The molecule has 1 aromatic carbocycles. The van der Waals surface area contributed by atoms with E-state index in [0.717, 1.165) is 19.5 Å². The lowest BCUT2D eigenvalue weighted by atomic mass is 10.1. The highest BCUT2D eigenvalue weighted by atomic mass is 16.1. The summed E-state index contributed by atoms with van der Waals surface area (Å²) in [7, 11) is 0. The first-order valence-electron chi connectivity index (χ1n) is 6.70. The van der Waals surface area contributed by atoms with Crippen LogP contribution in [0.5, 0.6) is 0 Å². The number of hydrogen-bond donors (Lipinski definition) is 2. The zero-order valence-corrected chi connectivity index (χ0v) is 11.6. The molecular weight excluding hydrogens is 224 g/mol. The van der Waals surface area contributed by atoms with Gasteiger partial charge in [0.2, 0.25) is 5.91 Å². The lowest BCUT2D eigenvalue weighted by molar-refractivity contribution is -0.123. The third-order valence-electron chi connectivity index (χ3n) is 2.94. The van der Waals surface area contributed by atoms with Gasteiger partial charge in [-0.1, -0.05) is 45.0 Å². The quantitative estimate of drug-likeness (QED) is 0.726. The first-order chi connectivity index (χ1) is 8.65. The summed E-state index contributed by atoms with van der Waals surface area (Å²) in [5.74, 6) is 0.177. The second-order valence-corrected chi connectivity index (χ2v) is 4.74. The van der Waals surface area contributed by atoms with Crippen molar-refractivity contribution in [3.63, 3.8) is 0 Å². The highest BCUT2D eigenvalue weighted by Crippen LogP contribution is 2.08. The summed E-state index contributed by atoms with van der Waals surface area (Å²) in [5.41, 5.74) is 2.73. The Kier molecular flexibility index (Phi) is 6.44. The fourth-order valence-electron chi connectivity index (χ4n) is 1.78. The molecule has 0 unspecified atom stereocenters. The van der Waals surface area contributed by atoms with E-state index in [1.165, 1.54) is 11.1 Å². The Hall–Kier alpha value is -1.35. The molecule has 1 amide bonds. The van der Waals surface area contributed by atoms with E-state index >= 15 is 0 Å². The molecule has 1 rings (SSSR count). The van der Waals surface area contributed by atoms with Crippen molar-refractivity contribution in [3.05, 3.63) is 35.4 Å². The molecule has 0 radical (unpaired) electrons. The highest BCUT2D eigenvalue weighted by molar-refractivity contribution is 5.77. The summed E-state index contributed by atoms with van der Waals surface area (Å²) >= 11 is 0. The van der Waals surface area contributed by atoms with E-state index in [1.807, 2.05) is 13.8 Å². The molecule has 100 valence electrons. The molecular formula is C15H24N2O. The number of aryl methyl sites for hydroxylation is 1. The van der Waals surface area contributed by atoms with Crippen molar-refractivity contribution >= 4 is 5.91 Å². The Balaban J connectivity index is 2.24. The minimum absolute atomic E-state index is 0.0609. The van der Waals surface area contributed by atoms with Gasteiger partial charge in [0.05, 0.1) is 0 Å². The third-order valence-corrected chi connectivity index (χ3v) is 2.94. The normalized spacial score (nSPS) is 10.7. The van der Waals surface area contributed by atoms with E-state index in [9.17, 15) is 4.79 Å². The number of rotatable bonds is 7. The van der Waals surface area contributed by atoms with Crippen molar-refractivity contribution in [1.82, 2.24) is 10.6 Å². The summed E-state index contributed by atoms with van der Waals surface area (Å²) in [6.45, 7) is 8.32. The standard InChI is InChI=1S/C15H24N2O/c1-4-13-7-5-6-8-14(13)11-16-9-10-17-15(18)12(2)3/h5-8,12,16H,4,9-11H2,1-3H3,(H,17,18). The predicted octanol–water partition coefficient (Wildman–Crippen LogP) is 2.11. The maximum absolute atomic E-state index is 11.3. The fourth-order valence-corrected chi connectivity index (χ4v) is 1.78. The van der Waals surface area contributed by atoms with Crippen LogP contribution in [-0.2, 0) is 17.8 Å². The van der Waals surface area contributed by atoms with Gasteiger partial charge in [0.25, 0.3) is 0 Å². The second kappa shape index (κ2) is 7.88. The van der Waals surface area contributed by atoms with Gasteiger partial charge in [0.1, 0.15) is 0 Å². The predicted molar refractivity (Wildman–Crippen MR) is 75.4 cm³/mol. The SMILES string of the molecule is CCc1ccccc1CNCCNC(=O)C(C)C. The fraction of sp³-hybridized carbons (Fsp3) is 0.533. The van der Waals surface area contributed by atoms with E-state index in [1.54, 1.807) is 0 Å². The van der Waals surface area contributed by atoms with Gasteiger partial charge in [-0.15, -0.1) is 0 Å². The minimum Gasteiger partial charge on any atom is -0.355 e. The summed E-state index contributed by atoms with van der Waals surface area (Å²) in [6, 6.07) is 8.46. The van der Waals surface area contributed by atoms with Gasteiger partial charge < -0.3 is 10.6 Å². The zero-order valence-electron chi connectivity index (χ0n) is 11.6. The molecule has 0 atom stereocenters. The lowest BCUT2D eigenvalue weighted by Crippen LogP contribution is -2.34. The van der Waals surface area contributed by atoms with Crippen molar-refractivity contribution in [2.75, 3.05) is 13.1 Å². The number of benzene rings is 1.